The number of nitrogens with one attached hydrogen (secondary N) is 2. The van der Waals surface area contributed by atoms with E-state index in [2.05, 4.69) is 10.6 Å². The summed E-state index contributed by atoms with van der Waals surface area (Å²) in [7, 11) is 0. The largest absolute Gasteiger partial charge is 0.464 e. The molecule has 0 aromatic heterocycles. The Balaban J connectivity index is 4.67. The molecular formula is C18H34N2O5. The molecular weight excluding hydrogens is 324 g/mol. The molecule has 0 rings (SSSR count). The molecule has 0 fully saturated rings. The summed E-state index contributed by atoms with van der Waals surface area (Å²) in [4.78, 5) is 36.2. The Hall–Kier alpha value is -1.79. The van der Waals surface area contributed by atoms with Crippen molar-refractivity contribution >= 4 is 18.0 Å². The quantitative estimate of drug-likeness (QED) is 0.437. The molecule has 0 saturated carbocycles. The first kappa shape index (κ1) is 23.2. The predicted octanol–water partition coefficient (Wildman–Crippen LogP) is 2.63. The van der Waals surface area contributed by atoms with Crippen LogP contribution in [0.4, 0.5) is 4.79 Å². The summed E-state index contributed by atoms with van der Waals surface area (Å²) in [6, 6.07) is -1.54. The Morgan fingerprint density at radius 1 is 0.960 bits per heavy atom. The van der Waals surface area contributed by atoms with E-state index in [4.69, 9.17) is 9.47 Å². The van der Waals surface area contributed by atoms with Crippen molar-refractivity contribution < 1.29 is 23.9 Å². The van der Waals surface area contributed by atoms with Crippen molar-refractivity contribution in [3.8, 4) is 0 Å². The lowest BCUT2D eigenvalue weighted by molar-refractivity contribution is -0.147. The molecule has 7 heteroatoms. The highest BCUT2D eigenvalue weighted by atomic mass is 16.5. The Kier molecular flexibility index (Phi) is 11.7. The third kappa shape index (κ3) is 9.94. The maximum atomic E-state index is 12.5. The second-order valence-electron chi connectivity index (χ2n) is 6.75. The number of ether oxygens (including phenoxy) is 2. The summed E-state index contributed by atoms with van der Waals surface area (Å²) in [5.74, 6) is -0.794. The second kappa shape index (κ2) is 12.6. The van der Waals surface area contributed by atoms with Crippen LogP contribution in [0.5, 0.6) is 0 Å². The summed E-state index contributed by atoms with van der Waals surface area (Å²) in [5, 5.41) is 5.20. The van der Waals surface area contributed by atoms with Gasteiger partial charge in [-0.3, -0.25) is 4.79 Å². The number of carbonyl (C=O) groups excluding carboxylic acids is 3. The fraction of sp³-hybridized carbons (Fsp3) is 0.833. The number of carbonyl (C=O) groups is 3. The van der Waals surface area contributed by atoms with E-state index in [1.165, 1.54) is 0 Å². The van der Waals surface area contributed by atoms with Gasteiger partial charge in [-0.15, -0.1) is 0 Å². The average Bonchev–Trinajstić information content (AvgIpc) is 2.56. The van der Waals surface area contributed by atoms with Crippen LogP contribution in [0.3, 0.4) is 0 Å². The minimum absolute atomic E-state index is 0.102. The maximum Gasteiger partial charge on any atom is 0.407 e. The molecule has 2 N–H and O–H groups in total. The molecule has 0 spiro atoms. The monoisotopic (exact) mass is 358 g/mol. The summed E-state index contributed by atoms with van der Waals surface area (Å²) in [6.45, 7) is 11.8. The Morgan fingerprint density at radius 2 is 1.60 bits per heavy atom. The van der Waals surface area contributed by atoms with Crippen LogP contribution in [0.2, 0.25) is 0 Å². The van der Waals surface area contributed by atoms with Gasteiger partial charge in [-0.25, -0.2) is 9.59 Å². The van der Waals surface area contributed by atoms with Crippen molar-refractivity contribution in [2.75, 3.05) is 13.2 Å². The van der Waals surface area contributed by atoms with E-state index < -0.39 is 30.1 Å². The SMILES string of the molecule is CCCCOC(=O)C(C)NC(=O)C(NC(=O)OCC(C)C)C(C)CC. The van der Waals surface area contributed by atoms with Crippen LogP contribution in [-0.4, -0.2) is 43.3 Å². The number of alkyl carbamates (subject to hydrolysis) is 1. The van der Waals surface area contributed by atoms with Gasteiger partial charge in [0.1, 0.15) is 12.1 Å². The predicted molar refractivity (Wildman–Crippen MR) is 96.0 cm³/mol. The highest BCUT2D eigenvalue weighted by Crippen LogP contribution is 2.09. The van der Waals surface area contributed by atoms with E-state index >= 15 is 0 Å². The topological polar surface area (TPSA) is 93.7 Å². The number of unbranched alkanes of at least 4 members (excludes halogenated alkanes) is 1. The van der Waals surface area contributed by atoms with Crippen LogP contribution in [0, 0.1) is 11.8 Å². The molecule has 0 aromatic rings. The van der Waals surface area contributed by atoms with E-state index in [-0.39, 0.29) is 18.4 Å². The van der Waals surface area contributed by atoms with Gasteiger partial charge in [-0.1, -0.05) is 47.5 Å². The molecule has 0 aromatic carbocycles. The van der Waals surface area contributed by atoms with Crippen LogP contribution in [-0.2, 0) is 19.1 Å². The number of rotatable bonds is 11. The van der Waals surface area contributed by atoms with Gasteiger partial charge >= 0.3 is 12.1 Å². The van der Waals surface area contributed by atoms with Crippen molar-refractivity contribution in [3.05, 3.63) is 0 Å². The molecule has 7 nitrogen and oxygen atoms in total. The molecule has 0 aliphatic heterocycles. The molecule has 0 aliphatic rings. The van der Waals surface area contributed by atoms with Crippen molar-refractivity contribution in [1.29, 1.82) is 0 Å². The summed E-state index contributed by atoms with van der Waals surface area (Å²) in [6.07, 6.45) is 1.77. The van der Waals surface area contributed by atoms with Gasteiger partial charge in [0, 0.05) is 0 Å². The minimum atomic E-state index is -0.774. The van der Waals surface area contributed by atoms with E-state index in [0.717, 1.165) is 12.8 Å². The van der Waals surface area contributed by atoms with Crippen LogP contribution in [0.15, 0.2) is 0 Å². The third-order valence-corrected chi connectivity index (χ3v) is 3.77. The van der Waals surface area contributed by atoms with Crippen LogP contribution in [0.25, 0.3) is 0 Å². The highest BCUT2D eigenvalue weighted by Gasteiger charge is 2.29. The lowest BCUT2D eigenvalue weighted by Crippen LogP contribution is -2.53. The lowest BCUT2D eigenvalue weighted by atomic mass is 9.98. The summed E-state index contributed by atoms with van der Waals surface area (Å²) < 4.78 is 10.2. The molecule has 3 atom stereocenters. The molecule has 0 aliphatic carbocycles. The van der Waals surface area contributed by atoms with Gasteiger partial charge in [0.25, 0.3) is 0 Å². The van der Waals surface area contributed by atoms with Crippen LogP contribution < -0.4 is 10.6 Å². The van der Waals surface area contributed by atoms with Crippen LogP contribution in [0.1, 0.15) is 60.8 Å². The molecule has 3 unspecified atom stereocenters. The molecule has 0 heterocycles. The first-order chi connectivity index (χ1) is 11.7. The van der Waals surface area contributed by atoms with Crippen molar-refractivity contribution in [3.63, 3.8) is 0 Å². The van der Waals surface area contributed by atoms with Crippen molar-refractivity contribution in [2.45, 2.75) is 72.9 Å². The zero-order valence-electron chi connectivity index (χ0n) is 16.4. The first-order valence-electron chi connectivity index (χ1n) is 9.13. The Labute approximate surface area is 151 Å². The Bertz CT molecular complexity index is 426. The highest BCUT2D eigenvalue weighted by molar-refractivity contribution is 5.89. The van der Waals surface area contributed by atoms with Gasteiger partial charge < -0.3 is 20.1 Å². The fourth-order valence-electron chi connectivity index (χ4n) is 1.92. The maximum absolute atomic E-state index is 12.5. The van der Waals surface area contributed by atoms with Gasteiger partial charge in [0.15, 0.2) is 0 Å². The average molecular weight is 358 g/mol. The zero-order chi connectivity index (χ0) is 19.4. The lowest BCUT2D eigenvalue weighted by Gasteiger charge is -2.25. The van der Waals surface area contributed by atoms with E-state index in [9.17, 15) is 14.4 Å². The zero-order valence-corrected chi connectivity index (χ0v) is 16.4. The number of hydrogen-bond acceptors (Lipinski definition) is 5. The van der Waals surface area contributed by atoms with Crippen molar-refractivity contribution in [2.24, 2.45) is 11.8 Å². The summed E-state index contributed by atoms with van der Waals surface area (Å²) >= 11 is 0. The fourth-order valence-corrected chi connectivity index (χ4v) is 1.92. The number of amides is 2. The van der Waals surface area contributed by atoms with E-state index in [1.807, 2.05) is 34.6 Å². The first-order valence-corrected chi connectivity index (χ1v) is 9.13. The molecule has 25 heavy (non-hydrogen) atoms. The molecule has 0 saturated heterocycles. The normalized spacial score (nSPS) is 14.4. The van der Waals surface area contributed by atoms with E-state index in [0.29, 0.717) is 13.0 Å². The summed E-state index contributed by atoms with van der Waals surface area (Å²) in [5.41, 5.74) is 0. The van der Waals surface area contributed by atoms with Gasteiger partial charge in [-0.05, 0) is 25.2 Å². The van der Waals surface area contributed by atoms with Crippen molar-refractivity contribution in [1.82, 2.24) is 10.6 Å². The third-order valence-electron chi connectivity index (χ3n) is 3.77. The van der Waals surface area contributed by atoms with Gasteiger partial charge in [-0.2, -0.15) is 0 Å². The van der Waals surface area contributed by atoms with Gasteiger partial charge in [0.2, 0.25) is 5.91 Å². The molecule has 2 amide bonds. The smallest absolute Gasteiger partial charge is 0.407 e. The standard InChI is InChI=1S/C18H34N2O5/c1-7-9-10-24-17(22)14(6)19-16(21)15(13(5)8-2)20-18(23)25-11-12(3)4/h12-15H,7-11H2,1-6H3,(H,19,21)(H,20,23). The second-order valence-corrected chi connectivity index (χ2v) is 6.75. The molecule has 0 radical (unpaired) electrons. The van der Waals surface area contributed by atoms with E-state index in [1.54, 1.807) is 6.92 Å². The van der Waals surface area contributed by atoms with Gasteiger partial charge in [0.05, 0.1) is 13.2 Å². The Morgan fingerprint density at radius 3 is 2.12 bits per heavy atom. The van der Waals surface area contributed by atoms with Crippen LogP contribution >= 0.6 is 0 Å². The molecule has 0 bridgehead atoms. The molecule has 146 valence electrons. The number of esters is 1. The number of hydrogen-bond donors (Lipinski definition) is 2. The minimum Gasteiger partial charge on any atom is -0.464 e.